The highest BCUT2D eigenvalue weighted by atomic mass is 19.4. The van der Waals surface area contributed by atoms with E-state index in [-0.39, 0.29) is 11.3 Å². The molecule has 0 spiro atoms. The largest absolute Gasteiger partial charge is 0.416 e. The van der Waals surface area contributed by atoms with Crippen molar-refractivity contribution in [3.63, 3.8) is 0 Å². The van der Waals surface area contributed by atoms with Gasteiger partial charge in [0.1, 0.15) is 5.69 Å². The van der Waals surface area contributed by atoms with Crippen LogP contribution in [0.3, 0.4) is 0 Å². The maximum absolute atomic E-state index is 12.7. The number of fused-ring (bicyclic) bond motifs is 1. The number of alkyl halides is 3. The lowest BCUT2D eigenvalue weighted by Crippen LogP contribution is -2.05. The third kappa shape index (κ3) is 3.74. The van der Waals surface area contributed by atoms with E-state index in [0.29, 0.717) is 16.7 Å². The van der Waals surface area contributed by atoms with Gasteiger partial charge in [0.05, 0.1) is 22.3 Å². The summed E-state index contributed by atoms with van der Waals surface area (Å²) in [6.07, 6.45) is -1.87. The average molecular weight is 342 g/mol. The van der Waals surface area contributed by atoms with Crippen molar-refractivity contribution in [2.45, 2.75) is 13.1 Å². The zero-order valence-electron chi connectivity index (χ0n) is 13.2. The van der Waals surface area contributed by atoms with Crippen LogP contribution in [0.2, 0.25) is 0 Å². The zero-order valence-corrected chi connectivity index (χ0v) is 13.2. The molecule has 3 aromatic rings. The molecule has 2 aromatic carbocycles. The number of nitrogens with zero attached hydrogens (tertiary/aromatic N) is 2. The smallest absolute Gasteiger partial charge is 0.287 e. The maximum atomic E-state index is 12.7. The molecule has 0 aliphatic heterocycles. The average Bonchev–Trinajstić information content (AvgIpc) is 2.58. The first-order valence-corrected chi connectivity index (χ1v) is 7.47. The fourth-order valence-corrected chi connectivity index (χ4v) is 2.39. The predicted molar refractivity (Wildman–Crippen MR) is 89.1 cm³/mol. The molecule has 25 heavy (non-hydrogen) atoms. The van der Waals surface area contributed by atoms with Crippen molar-refractivity contribution < 1.29 is 18.0 Å². The molecule has 1 heterocycles. The highest BCUT2D eigenvalue weighted by Gasteiger charge is 2.30. The van der Waals surface area contributed by atoms with Gasteiger partial charge in [-0.25, -0.2) is 9.97 Å². The molecule has 3 nitrogen and oxygen atoms in total. The summed E-state index contributed by atoms with van der Waals surface area (Å²) in [6, 6.07) is 11.9. The molecule has 0 fully saturated rings. The molecule has 0 atom stereocenters. The van der Waals surface area contributed by atoms with Gasteiger partial charge >= 0.3 is 6.18 Å². The van der Waals surface area contributed by atoms with Gasteiger partial charge in [-0.1, -0.05) is 30.3 Å². The van der Waals surface area contributed by atoms with Gasteiger partial charge in [0.2, 0.25) is 5.78 Å². The number of carbonyl (C=O) groups excluding carboxylic acids is 1. The molecular weight excluding hydrogens is 329 g/mol. The van der Waals surface area contributed by atoms with Gasteiger partial charge in [-0.15, -0.1) is 0 Å². The molecule has 0 aliphatic rings. The van der Waals surface area contributed by atoms with Crippen molar-refractivity contribution in [3.8, 4) is 0 Å². The van der Waals surface area contributed by atoms with Crippen molar-refractivity contribution in [3.05, 3.63) is 77.1 Å². The molecule has 0 saturated heterocycles. The highest BCUT2D eigenvalue weighted by molar-refractivity contribution is 6.06. The third-order valence-corrected chi connectivity index (χ3v) is 3.62. The fourth-order valence-electron chi connectivity index (χ4n) is 2.39. The highest BCUT2D eigenvalue weighted by Crippen LogP contribution is 2.29. The molecule has 0 amide bonds. The molecule has 0 aliphatic carbocycles. The number of rotatable bonds is 3. The Labute approximate surface area is 141 Å². The van der Waals surface area contributed by atoms with Crippen molar-refractivity contribution in [1.29, 1.82) is 0 Å². The second-order valence-corrected chi connectivity index (χ2v) is 5.47. The van der Waals surface area contributed by atoms with E-state index >= 15 is 0 Å². The van der Waals surface area contributed by atoms with Crippen LogP contribution in [0.4, 0.5) is 13.2 Å². The number of allylic oxidation sites excluding steroid dienone is 1. The standard InChI is InChI=1S/C19H13F3N2O/c1-12-18(24-16-8-3-2-7-15(16)23-12)17(25)10-9-13-5-4-6-14(11-13)19(20,21)22/h2-11H,1H3. The Morgan fingerprint density at radius 3 is 2.36 bits per heavy atom. The van der Waals surface area contributed by atoms with Crippen molar-refractivity contribution in [2.75, 3.05) is 0 Å². The van der Waals surface area contributed by atoms with Gasteiger partial charge in [0.15, 0.2) is 0 Å². The summed E-state index contributed by atoms with van der Waals surface area (Å²) in [5.41, 5.74) is 1.44. The lowest BCUT2D eigenvalue weighted by atomic mass is 10.1. The van der Waals surface area contributed by atoms with Crippen LogP contribution >= 0.6 is 0 Å². The number of halogens is 3. The quantitative estimate of drug-likeness (QED) is 0.505. The number of hydrogen-bond donors (Lipinski definition) is 0. The van der Waals surface area contributed by atoms with E-state index in [1.165, 1.54) is 24.3 Å². The van der Waals surface area contributed by atoms with E-state index in [1.807, 2.05) is 6.07 Å². The Morgan fingerprint density at radius 2 is 1.68 bits per heavy atom. The molecule has 0 bridgehead atoms. The molecule has 3 rings (SSSR count). The van der Waals surface area contributed by atoms with Crippen molar-refractivity contribution in [1.82, 2.24) is 9.97 Å². The van der Waals surface area contributed by atoms with Gasteiger partial charge in [0, 0.05) is 0 Å². The minimum Gasteiger partial charge on any atom is -0.287 e. The number of benzene rings is 2. The fraction of sp³-hybridized carbons (Fsp3) is 0.105. The van der Waals surface area contributed by atoms with Gasteiger partial charge in [-0.2, -0.15) is 13.2 Å². The van der Waals surface area contributed by atoms with Gasteiger partial charge in [-0.05, 0) is 42.8 Å². The molecule has 0 unspecified atom stereocenters. The summed E-state index contributed by atoms with van der Waals surface area (Å²) in [5.74, 6) is -0.409. The number of carbonyl (C=O) groups is 1. The molecule has 6 heteroatoms. The molecule has 0 saturated carbocycles. The normalized spacial score (nSPS) is 12.0. The number of ketones is 1. The van der Waals surface area contributed by atoms with Crippen molar-refractivity contribution in [2.24, 2.45) is 0 Å². The summed E-state index contributed by atoms with van der Waals surface area (Å²) >= 11 is 0. The maximum Gasteiger partial charge on any atom is 0.416 e. The Kier molecular flexibility index (Phi) is 4.35. The third-order valence-electron chi connectivity index (χ3n) is 3.62. The summed E-state index contributed by atoms with van der Waals surface area (Å²) in [7, 11) is 0. The summed E-state index contributed by atoms with van der Waals surface area (Å²) in [5, 5.41) is 0. The van der Waals surface area contributed by atoms with Crippen molar-refractivity contribution >= 4 is 22.9 Å². The monoisotopic (exact) mass is 342 g/mol. The van der Waals surface area contributed by atoms with E-state index < -0.39 is 17.5 Å². The number of para-hydroxylation sites is 2. The Morgan fingerprint density at radius 1 is 1.00 bits per heavy atom. The number of aryl methyl sites for hydroxylation is 1. The lowest BCUT2D eigenvalue weighted by Gasteiger charge is -2.06. The van der Waals surface area contributed by atoms with Crippen LogP contribution < -0.4 is 0 Å². The Balaban J connectivity index is 1.90. The van der Waals surface area contributed by atoms with Crippen LogP contribution in [0.1, 0.15) is 27.3 Å². The van der Waals surface area contributed by atoms with Crippen LogP contribution in [-0.4, -0.2) is 15.8 Å². The molecule has 1 aromatic heterocycles. The summed E-state index contributed by atoms with van der Waals surface area (Å²) < 4.78 is 38.2. The van der Waals surface area contributed by atoms with E-state index in [0.717, 1.165) is 12.1 Å². The van der Waals surface area contributed by atoms with Crippen LogP contribution in [0, 0.1) is 6.92 Å². The topological polar surface area (TPSA) is 42.9 Å². The predicted octanol–water partition coefficient (Wildman–Crippen LogP) is 4.85. The first-order chi connectivity index (χ1) is 11.8. The van der Waals surface area contributed by atoms with Crippen LogP contribution in [0.25, 0.3) is 17.1 Å². The van der Waals surface area contributed by atoms with E-state index in [1.54, 1.807) is 25.1 Å². The first-order valence-electron chi connectivity index (χ1n) is 7.47. The molecular formula is C19H13F3N2O. The van der Waals surface area contributed by atoms with E-state index in [2.05, 4.69) is 9.97 Å². The lowest BCUT2D eigenvalue weighted by molar-refractivity contribution is -0.137. The molecule has 0 radical (unpaired) electrons. The van der Waals surface area contributed by atoms with Crippen LogP contribution in [0.15, 0.2) is 54.6 Å². The number of aromatic nitrogens is 2. The van der Waals surface area contributed by atoms with Crippen LogP contribution in [-0.2, 0) is 6.18 Å². The van der Waals surface area contributed by atoms with E-state index in [4.69, 9.17) is 0 Å². The minimum atomic E-state index is -4.42. The molecule has 126 valence electrons. The van der Waals surface area contributed by atoms with Gasteiger partial charge in [0.25, 0.3) is 0 Å². The van der Waals surface area contributed by atoms with Crippen LogP contribution in [0.5, 0.6) is 0 Å². The second-order valence-electron chi connectivity index (χ2n) is 5.47. The second kappa shape index (κ2) is 6.47. The minimum absolute atomic E-state index is 0.182. The Hall–Kier alpha value is -3.02. The van der Waals surface area contributed by atoms with E-state index in [9.17, 15) is 18.0 Å². The Bertz CT molecular complexity index is 978. The zero-order chi connectivity index (χ0) is 18.0. The van der Waals surface area contributed by atoms with Gasteiger partial charge in [-0.3, -0.25) is 4.79 Å². The SMILES string of the molecule is Cc1nc2ccccc2nc1C(=O)C=Cc1cccc(C(F)(F)F)c1. The first kappa shape index (κ1) is 16.8. The summed E-state index contributed by atoms with van der Waals surface area (Å²) in [4.78, 5) is 21.0. The summed E-state index contributed by atoms with van der Waals surface area (Å²) in [6.45, 7) is 1.67. The molecule has 0 N–H and O–H groups in total. The number of hydrogen-bond acceptors (Lipinski definition) is 3. The van der Waals surface area contributed by atoms with Gasteiger partial charge < -0.3 is 0 Å².